The Morgan fingerprint density at radius 1 is 0.867 bits per heavy atom. The van der Waals surface area contributed by atoms with E-state index in [2.05, 4.69) is 5.32 Å². The molecule has 6 heteroatoms. The highest BCUT2D eigenvalue weighted by molar-refractivity contribution is 6.14. The average Bonchev–Trinajstić information content (AvgIpc) is 2.75. The third-order valence-electron chi connectivity index (χ3n) is 4.49. The van der Waals surface area contributed by atoms with Crippen molar-refractivity contribution in [1.29, 1.82) is 0 Å². The summed E-state index contributed by atoms with van der Waals surface area (Å²) in [4.78, 5) is 37.8. The Bertz CT molecular complexity index is 1090. The fraction of sp³-hybridized carbons (Fsp3) is 0.125. The lowest BCUT2D eigenvalue weighted by Gasteiger charge is -2.15. The van der Waals surface area contributed by atoms with Crippen LogP contribution in [-0.2, 0) is 9.53 Å². The topological polar surface area (TPSA) is 72.5 Å². The molecule has 1 N–H and O–H groups in total. The predicted octanol–water partition coefficient (Wildman–Crippen LogP) is 4.55. The lowest BCUT2D eigenvalue weighted by atomic mass is 9.98. The Morgan fingerprint density at radius 3 is 2.13 bits per heavy atom. The largest absolute Gasteiger partial charge is 0.449 e. The average molecular weight is 405 g/mol. The van der Waals surface area contributed by atoms with Crippen molar-refractivity contribution < 1.29 is 23.5 Å². The van der Waals surface area contributed by atoms with Crippen molar-refractivity contribution in [3.05, 3.63) is 101 Å². The Morgan fingerprint density at radius 2 is 1.47 bits per heavy atom. The van der Waals surface area contributed by atoms with Gasteiger partial charge in [-0.25, -0.2) is 9.18 Å². The van der Waals surface area contributed by atoms with Gasteiger partial charge >= 0.3 is 5.97 Å². The number of ether oxygens (including phenoxy) is 1. The number of benzene rings is 3. The van der Waals surface area contributed by atoms with Gasteiger partial charge in [-0.15, -0.1) is 0 Å². The van der Waals surface area contributed by atoms with Gasteiger partial charge in [0.2, 0.25) is 0 Å². The van der Waals surface area contributed by atoms with Crippen molar-refractivity contribution in [3.63, 3.8) is 0 Å². The number of aryl methyl sites for hydroxylation is 1. The maximum atomic E-state index is 13.7. The number of ketones is 1. The standard InChI is InChI=1S/C24H20FNO4/c1-15-11-13-17(14-12-15)22(27)18-7-3-4-8-19(18)24(29)30-16(2)23(28)26-21-10-6-5-9-20(21)25/h3-14,16H,1-2H3,(H,26,28)/t16-/m0/s1. The monoisotopic (exact) mass is 405 g/mol. The number of nitrogens with one attached hydrogen (secondary N) is 1. The summed E-state index contributed by atoms with van der Waals surface area (Å²) in [6.07, 6.45) is -1.19. The van der Waals surface area contributed by atoms with Crippen LogP contribution in [0.25, 0.3) is 0 Å². The van der Waals surface area contributed by atoms with E-state index in [0.29, 0.717) is 5.56 Å². The van der Waals surface area contributed by atoms with Gasteiger partial charge in [-0.2, -0.15) is 0 Å². The summed E-state index contributed by atoms with van der Waals surface area (Å²) in [5.74, 6) is -2.43. The second-order valence-electron chi connectivity index (χ2n) is 6.76. The number of rotatable bonds is 6. The first kappa shape index (κ1) is 20.9. The second kappa shape index (κ2) is 9.13. The number of hydrogen-bond acceptors (Lipinski definition) is 4. The van der Waals surface area contributed by atoms with Crippen LogP contribution in [-0.4, -0.2) is 23.8 Å². The first-order valence-corrected chi connectivity index (χ1v) is 9.33. The zero-order chi connectivity index (χ0) is 21.7. The highest BCUT2D eigenvalue weighted by Gasteiger charge is 2.24. The van der Waals surface area contributed by atoms with E-state index >= 15 is 0 Å². The van der Waals surface area contributed by atoms with Crippen LogP contribution < -0.4 is 5.32 Å². The first-order chi connectivity index (χ1) is 14.4. The summed E-state index contributed by atoms with van der Waals surface area (Å²) >= 11 is 0. The Kier molecular flexibility index (Phi) is 6.37. The minimum Gasteiger partial charge on any atom is -0.449 e. The maximum Gasteiger partial charge on any atom is 0.339 e. The second-order valence-corrected chi connectivity index (χ2v) is 6.76. The molecule has 3 aromatic carbocycles. The SMILES string of the molecule is Cc1ccc(C(=O)c2ccccc2C(=O)O[C@@H](C)C(=O)Nc2ccccc2F)cc1. The summed E-state index contributed by atoms with van der Waals surface area (Å²) in [6, 6.07) is 18.9. The maximum absolute atomic E-state index is 13.7. The summed E-state index contributed by atoms with van der Waals surface area (Å²) in [6.45, 7) is 3.28. The third-order valence-corrected chi connectivity index (χ3v) is 4.49. The molecule has 30 heavy (non-hydrogen) atoms. The Labute approximate surface area is 173 Å². The molecule has 0 aliphatic rings. The molecule has 0 saturated carbocycles. The van der Waals surface area contributed by atoms with E-state index < -0.39 is 23.8 Å². The predicted molar refractivity (Wildman–Crippen MR) is 111 cm³/mol. The smallest absolute Gasteiger partial charge is 0.339 e. The molecule has 0 bridgehead atoms. The molecular formula is C24H20FNO4. The summed E-state index contributed by atoms with van der Waals surface area (Å²) < 4.78 is 18.9. The number of amides is 1. The van der Waals surface area contributed by atoms with Gasteiger partial charge in [0.05, 0.1) is 11.3 Å². The molecular weight excluding hydrogens is 385 g/mol. The van der Waals surface area contributed by atoms with Crippen molar-refractivity contribution in [2.24, 2.45) is 0 Å². The Hall–Kier alpha value is -3.80. The molecule has 5 nitrogen and oxygen atoms in total. The van der Waals surface area contributed by atoms with Crippen molar-refractivity contribution >= 4 is 23.3 Å². The van der Waals surface area contributed by atoms with Crippen LogP contribution in [0.4, 0.5) is 10.1 Å². The molecule has 0 heterocycles. The number of anilines is 1. The zero-order valence-electron chi connectivity index (χ0n) is 16.5. The van der Waals surface area contributed by atoms with Gasteiger partial charge in [-0.1, -0.05) is 60.2 Å². The van der Waals surface area contributed by atoms with Crippen molar-refractivity contribution in [1.82, 2.24) is 0 Å². The minimum absolute atomic E-state index is 0.0136. The molecule has 152 valence electrons. The van der Waals surface area contributed by atoms with Gasteiger partial charge in [0.25, 0.3) is 5.91 Å². The molecule has 3 rings (SSSR count). The lowest BCUT2D eigenvalue weighted by molar-refractivity contribution is -0.123. The van der Waals surface area contributed by atoms with E-state index in [1.807, 2.05) is 19.1 Å². The van der Waals surface area contributed by atoms with Gasteiger partial charge < -0.3 is 10.1 Å². The van der Waals surface area contributed by atoms with E-state index in [-0.39, 0.29) is 22.6 Å². The highest BCUT2D eigenvalue weighted by Crippen LogP contribution is 2.18. The lowest BCUT2D eigenvalue weighted by Crippen LogP contribution is -2.30. The van der Waals surface area contributed by atoms with Gasteiger partial charge in [-0.3, -0.25) is 9.59 Å². The van der Waals surface area contributed by atoms with E-state index in [0.717, 1.165) is 5.56 Å². The van der Waals surface area contributed by atoms with E-state index in [4.69, 9.17) is 4.74 Å². The van der Waals surface area contributed by atoms with Gasteiger partial charge in [-0.05, 0) is 32.0 Å². The van der Waals surface area contributed by atoms with E-state index in [1.165, 1.54) is 37.3 Å². The molecule has 1 amide bonds. The molecule has 0 aromatic heterocycles. The molecule has 0 aliphatic carbocycles. The van der Waals surface area contributed by atoms with Crippen molar-refractivity contribution in [3.8, 4) is 0 Å². The number of carbonyl (C=O) groups excluding carboxylic acids is 3. The van der Waals surface area contributed by atoms with Gasteiger partial charge in [0, 0.05) is 11.1 Å². The molecule has 0 fully saturated rings. The molecule has 0 radical (unpaired) electrons. The number of halogens is 1. The van der Waals surface area contributed by atoms with Crippen LogP contribution >= 0.6 is 0 Å². The summed E-state index contributed by atoms with van der Waals surface area (Å²) in [7, 11) is 0. The number of hydrogen-bond donors (Lipinski definition) is 1. The van der Waals surface area contributed by atoms with E-state index in [1.54, 1.807) is 30.3 Å². The summed E-state index contributed by atoms with van der Waals surface area (Å²) in [5, 5.41) is 2.38. The van der Waals surface area contributed by atoms with Crippen molar-refractivity contribution in [2.75, 3.05) is 5.32 Å². The van der Waals surface area contributed by atoms with Crippen LogP contribution in [0.2, 0.25) is 0 Å². The normalized spacial score (nSPS) is 11.4. The molecule has 0 spiro atoms. The highest BCUT2D eigenvalue weighted by atomic mass is 19.1. The summed E-state index contributed by atoms with van der Waals surface area (Å²) in [5.41, 5.74) is 1.65. The van der Waals surface area contributed by atoms with Crippen LogP contribution in [0.3, 0.4) is 0 Å². The minimum atomic E-state index is -1.19. The van der Waals surface area contributed by atoms with Gasteiger partial charge in [0.15, 0.2) is 11.9 Å². The number of para-hydroxylation sites is 1. The number of carbonyl (C=O) groups is 3. The Balaban J connectivity index is 1.75. The van der Waals surface area contributed by atoms with Crippen LogP contribution in [0, 0.1) is 12.7 Å². The van der Waals surface area contributed by atoms with Crippen molar-refractivity contribution in [2.45, 2.75) is 20.0 Å². The zero-order valence-corrected chi connectivity index (χ0v) is 16.5. The molecule has 0 saturated heterocycles. The van der Waals surface area contributed by atoms with Crippen LogP contribution in [0.1, 0.15) is 38.8 Å². The molecule has 0 unspecified atom stereocenters. The fourth-order valence-corrected chi connectivity index (χ4v) is 2.79. The van der Waals surface area contributed by atoms with Gasteiger partial charge in [0.1, 0.15) is 5.82 Å². The fourth-order valence-electron chi connectivity index (χ4n) is 2.79. The first-order valence-electron chi connectivity index (χ1n) is 9.33. The molecule has 3 aromatic rings. The van der Waals surface area contributed by atoms with Crippen LogP contribution in [0.15, 0.2) is 72.8 Å². The van der Waals surface area contributed by atoms with Crippen LogP contribution in [0.5, 0.6) is 0 Å². The molecule has 1 atom stereocenters. The van der Waals surface area contributed by atoms with E-state index in [9.17, 15) is 18.8 Å². The third kappa shape index (κ3) is 4.78. The molecule has 0 aliphatic heterocycles. The number of esters is 1. The quantitative estimate of drug-likeness (QED) is 0.482.